The molecule has 1 atom stereocenters. The van der Waals surface area contributed by atoms with E-state index in [-0.39, 0.29) is 11.9 Å². The van der Waals surface area contributed by atoms with Gasteiger partial charge in [-0.1, -0.05) is 48.5 Å². The lowest BCUT2D eigenvalue weighted by Crippen LogP contribution is -2.27. The quantitative estimate of drug-likeness (QED) is 0.636. The van der Waals surface area contributed by atoms with Gasteiger partial charge in [-0.2, -0.15) is 0 Å². The zero-order chi connectivity index (χ0) is 18.2. The molecule has 0 saturated carbocycles. The van der Waals surface area contributed by atoms with Gasteiger partial charge >= 0.3 is 0 Å². The summed E-state index contributed by atoms with van der Waals surface area (Å²) in [5.41, 5.74) is 1.82. The highest BCUT2D eigenvalue weighted by atomic mass is 16.5. The van der Waals surface area contributed by atoms with Crippen molar-refractivity contribution in [2.45, 2.75) is 13.0 Å². The first-order chi connectivity index (χ1) is 12.8. The average molecular weight is 347 g/mol. The van der Waals surface area contributed by atoms with Gasteiger partial charge in [0.15, 0.2) is 0 Å². The molecule has 1 heterocycles. The molecule has 0 aliphatic carbocycles. The van der Waals surface area contributed by atoms with Crippen molar-refractivity contribution in [2.75, 3.05) is 6.61 Å². The summed E-state index contributed by atoms with van der Waals surface area (Å²) in [7, 11) is 0. The smallest absolute Gasteiger partial charge is 0.244 e. The van der Waals surface area contributed by atoms with E-state index >= 15 is 0 Å². The first-order valence-electron chi connectivity index (χ1n) is 8.56. The fraction of sp³-hybridized carbons (Fsp3) is 0.136. The first-order valence-corrected chi connectivity index (χ1v) is 8.56. The third-order valence-corrected chi connectivity index (χ3v) is 3.88. The summed E-state index contributed by atoms with van der Waals surface area (Å²) in [5.74, 6) is 1.24. The van der Waals surface area contributed by atoms with E-state index in [9.17, 15) is 4.79 Å². The molecule has 0 aliphatic heterocycles. The summed E-state index contributed by atoms with van der Waals surface area (Å²) in [4.78, 5) is 12.5. The van der Waals surface area contributed by atoms with Crippen molar-refractivity contribution in [1.82, 2.24) is 5.32 Å². The molecule has 0 saturated heterocycles. The molecule has 1 amide bonds. The van der Waals surface area contributed by atoms with Crippen molar-refractivity contribution in [3.63, 3.8) is 0 Å². The topological polar surface area (TPSA) is 51.5 Å². The number of rotatable bonds is 7. The maximum Gasteiger partial charge on any atom is 0.244 e. The van der Waals surface area contributed by atoms with Crippen molar-refractivity contribution < 1.29 is 13.9 Å². The van der Waals surface area contributed by atoms with Gasteiger partial charge in [0, 0.05) is 11.6 Å². The number of carbonyl (C=O) groups excluding carboxylic acids is 1. The molecule has 26 heavy (non-hydrogen) atoms. The SMILES string of the molecule is CCOc1ccccc1/C=C/C(=O)NC(c1ccccc1)c1ccco1. The van der Waals surface area contributed by atoms with Crippen LogP contribution < -0.4 is 10.1 Å². The molecule has 1 aromatic heterocycles. The second-order valence-electron chi connectivity index (χ2n) is 5.67. The van der Waals surface area contributed by atoms with Gasteiger partial charge in [0.05, 0.1) is 12.9 Å². The number of para-hydroxylation sites is 1. The summed E-state index contributed by atoms with van der Waals surface area (Å²) in [6.07, 6.45) is 4.87. The van der Waals surface area contributed by atoms with Crippen molar-refractivity contribution in [2.24, 2.45) is 0 Å². The van der Waals surface area contributed by atoms with E-state index in [1.165, 1.54) is 6.08 Å². The van der Waals surface area contributed by atoms with Crippen LogP contribution in [0.5, 0.6) is 5.75 Å². The molecule has 4 heteroatoms. The zero-order valence-corrected chi connectivity index (χ0v) is 14.6. The van der Waals surface area contributed by atoms with Crippen LogP contribution in [-0.4, -0.2) is 12.5 Å². The number of hydrogen-bond donors (Lipinski definition) is 1. The van der Waals surface area contributed by atoms with Gasteiger partial charge < -0.3 is 14.5 Å². The van der Waals surface area contributed by atoms with Gasteiger partial charge in [0.1, 0.15) is 17.6 Å². The Morgan fingerprint density at radius 1 is 1.08 bits per heavy atom. The highest BCUT2D eigenvalue weighted by molar-refractivity contribution is 5.92. The summed E-state index contributed by atoms with van der Waals surface area (Å²) in [6.45, 7) is 2.51. The van der Waals surface area contributed by atoms with E-state index in [1.807, 2.05) is 73.7 Å². The molecule has 4 nitrogen and oxygen atoms in total. The van der Waals surface area contributed by atoms with Crippen molar-refractivity contribution in [1.29, 1.82) is 0 Å². The van der Waals surface area contributed by atoms with Crippen molar-refractivity contribution >= 4 is 12.0 Å². The molecular formula is C22H21NO3. The number of nitrogens with one attached hydrogen (secondary N) is 1. The molecule has 0 radical (unpaired) electrons. The second kappa shape index (κ2) is 8.72. The minimum Gasteiger partial charge on any atom is -0.493 e. The Kier molecular flexibility index (Phi) is 5.88. The fourth-order valence-electron chi connectivity index (χ4n) is 2.68. The van der Waals surface area contributed by atoms with Crippen molar-refractivity contribution in [3.05, 3.63) is 96.0 Å². The monoisotopic (exact) mass is 347 g/mol. The molecular weight excluding hydrogens is 326 g/mol. The van der Waals surface area contributed by atoms with E-state index < -0.39 is 0 Å². The van der Waals surface area contributed by atoms with Crippen LogP contribution in [0.1, 0.15) is 29.9 Å². The Morgan fingerprint density at radius 2 is 1.85 bits per heavy atom. The molecule has 2 aromatic carbocycles. The van der Waals surface area contributed by atoms with Gasteiger partial charge in [-0.05, 0) is 36.8 Å². The van der Waals surface area contributed by atoms with Crippen molar-refractivity contribution in [3.8, 4) is 5.75 Å². The lowest BCUT2D eigenvalue weighted by atomic mass is 10.0. The van der Waals surface area contributed by atoms with E-state index in [0.29, 0.717) is 12.4 Å². The summed E-state index contributed by atoms with van der Waals surface area (Å²) < 4.78 is 11.1. The van der Waals surface area contributed by atoms with E-state index in [0.717, 1.165) is 16.9 Å². The minimum atomic E-state index is -0.342. The number of furan rings is 1. The number of ether oxygens (including phenoxy) is 1. The largest absolute Gasteiger partial charge is 0.493 e. The Morgan fingerprint density at radius 3 is 2.58 bits per heavy atom. The normalized spacial score (nSPS) is 12.0. The Bertz CT molecular complexity index is 854. The Labute approximate surface area is 153 Å². The van der Waals surface area contributed by atoms with Crippen LogP contribution in [0.3, 0.4) is 0 Å². The second-order valence-corrected chi connectivity index (χ2v) is 5.67. The molecule has 3 aromatic rings. The predicted molar refractivity (Wildman–Crippen MR) is 102 cm³/mol. The Hall–Kier alpha value is -3.27. The molecule has 0 spiro atoms. The van der Waals surface area contributed by atoms with Crippen LogP contribution >= 0.6 is 0 Å². The number of carbonyl (C=O) groups is 1. The molecule has 1 unspecified atom stereocenters. The highest BCUT2D eigenvalue weighted by Gasteiger charge is 2.18. The zero-order valence-electron chi connectivity index (χ0n) is 14.6. The van der Waals surface area contributed by atoms with Gasteiger partial charge in [0.2, 0.25) is 5.91 Å². The predicted octanol–water partition coefficient (Wildman–Crippen LogP) is 4.60. The lowest BCUT2D eigenvalue weighted by Gasteiger charge is -2.16. The van der Waals surface area contributed by atoms with E-state index in [2.05, 4.69) is 5.32 Å². The maximum atomic E-state index is 12.5. The number of benzene rings is 2. The van der Waals surface area contributed by atoms with Crippen LogP contribution in [-0.2, 0) is 4.79 Å². The van der Waals surface area contributed by atoms with E-state index in [1.54, 1.807) is 12.3 Å². The average Bonchev–Trinajstić information content (AvgIpc) is 3.21. The third-order valence-electron chi connectivity index (χ3n) is 3.88. The molecule has 132 valence electrons. The molecule has 0 bridgehead atoms. The maximum absolute atomic E-state index is 12.5. The number of amides is 1. The van der Waals surface area contributed by atoms with Gasteiger partial charge in [-0.3, -0.25) is 4.79 Å². The minimum absolute atomic E-state index is 0.207. The standard InChI is InChI=1S/C22H21NO3/c1-2-25-19-12-7-6-9-17(19)14-15-21(24)23-22(20-13-8-16-26-20)18-10-4-3-5-11-18/h3-16,22H,2H2,1H3,(H,23,24)/b15-14+. The molecule has 1 N–H and O–H groups in total. The van der Waals surface area contributed by atoms with Crippen LogP contribution in [0.2, 0.25) is 0 Å². The van der Waals surface area contributed by atoms with Crippen LogP contribution in [0.25, 0.3) is 6.08 Å². The van der Waals surface area contributed by atoms with Crippen LogP contribution in [0, 0.1) is 0 Å². The lowest BCUT2D eigenvalue weighted by molar-refractivity contribution is -0.117. The fourth-order valence-corrected chi connectivity index (χ4v) is 2.68. The summed E-state index contributed by atoms with van der Waals surface area (Å²) in [5, 5.41) is 3.00. The van der Waals surface area contributed by atoms with Crippen LogP contribution in [0.4, 0.5) is 0 Å². The van der Waals surface area contributed by atoms with Gasteiger partial charge in [-0.15, -0.1) is 0 Å². The Balaban J connectivity index is 1.77. The summed E-state index contributed by atoms with van der Waals surface area (Å²) in [6, 6.07) is 20.7. The van der Waals surface area contributed by atoms with Crippen LogP contribution in [0.15, 0.2) is 83.5 Å². The third kappa shape index (κ3) is 4.42. The number of hydrogen-bond acceptors (Lipinski definition) is 3. The summed E-state index contributed by atoms with van der Waals surface area (Å²) >= 11 is 0. The van der Waals surface area contributed by atoms with E-state index in [4.69, 9.17) is 9.15 Å². The molecule has 3 rings (SSSR count). The molecule has 0 aliphatic rings. The highest BCUT2D eigenvalue weighted by Crippen LogP contribution is 2.23. The van der Waals surface area contributed by atoms with Gasteiger partial charge in [0.25, 0.3) is 0 Å². The van der Waals surface area contributed by atoms with Gasteiger partial charge in [-0.25, -0.2) is 0 Å². The molecule has 0 fully saturated rings. The first kappa shape index (κ1) is 17.5.